The Hall–Kier alpha value is -0.570. The van der Waals surface area contributed by atoms with E-state index in [-0.39, 0.29) is 0 Å². The number of aromatic nitrogens is 2. The van der Waals surface area contributed by atoms with Gasteiger partial charge in [0.2, 0.25) is 0 Å². The van der Waals surface area contributed by atoms with Gasteiger partial charge in [0.1, 0.15) is 6.33 Å². The third-order valence-electron chi connectivity index (χ3n) is 1.09. The van der Waals surface area contributed by atoms with E-state index in [1.54, 1.807) is 6.33 Å². The topological polar surface area (TPSA) is 25.8 Å². The monoisotopic (exact) mass is 154 g/mol. The number of hydrogen-bond donors (Lipinski definition) is 0. The molecule has 0 saturated carbocycles. The van der Waals surface area contributed by atoms with Gasteiger partial charge in [0.15, 0.2) is 0 Å². The second-order valence-electron chi connectivity index (χ2n) is 1.88. The molecule has 2 nitrogen and oxygen atoms in total. The molecule has 0 aliphatic heterocycles. The van der Waals surface area contributed by atoms with Gasteiger partial charge in [0, 0.05) is 18.1 Å². The third-order valence-corrected chi connectivity index (χ3v) is 2.03. The molecule has 3 heteroatoms. The van der Waals surface area contributed by atoms with Gasteiger partial charge in [0.25, 0.3) is 0 Å². The molecular formula is C7H10N2S. The summed E-state index contributed by atoms with van der Waals surface area (Å²) >= 11 is 1.88. The van der Waals surface area contributed by atoms with E-state index in [0.717, 1.165) is 11.5 Å². The van der Waals surface area contributed by atoms with Crippen molar-refractivity contribution < 1.29 is 0 Å². The van der Waals surface area contributed by atoms with Crippen LogP contribution >= 0.6 is 11.8 Å². The lowest BCUT2D eigenvalue weighted by Crippen LogP contribution is -1.83. The molecule has 0 spiro atoms. The molecule has 0 aliphatic rings. The molecule has 1 rings (SSSR count). The maximum absolute atomic E-state index is 3.91. The zero-order chi connectivity index (χ0) is 7.23. The average molecular weight is 154 g/mol. The maximum atomic E-state index is 3.91. The molecule has 54 valence electrons. The quantitative estimate of drug-likeness (QED) is 0.663. The Kier molecular flexibility index (Phi) is 3.22. The van der Waals surface area contributed by atoms with Crippen molar-refractivity contribution in [1.29, 1.82) is 0 Å². The normalized spacial score (nSPS) is 9.70. The van der Waals surface area contributed by atoms with Gasteiger partial charge in [-0.3, -0.25) is 0 Å². The maximum Gasteiger partial charge on any atom is 0.115 e. The Morgan fingerprint density at radius 2 is 2.10 bits per heavy atom. The van der Waals surface area contributed by atoms with Crippen LogP contribution in [0.4, 0.5) is 0 Å². The molecule has 0 fully saturated rings. The highest BCUT2D eigenvalue weighted by molar-refractivity contribution is 7.98. The smallest absolute Gasteiger partial charge is 0.115 e. The van der Waals surface area contributed by atoms with E-state index in [9.17, 15) is 0 Å². The van der Waals surface area contributed by atoms with Crippen molar-refractivity contribution in [2.24, 2.45) is 0 Å². The summed E-state index contributed by atoms with van der Waals surface area (Å²) in [5.74, 6) is 2.17. The summed E-state index contributed by atoms with van der Waals surface area (Å²) in [7, 11) is 0. The second kappa shape index (κ2) is 4.28. The summed E-state index contributed by atoms with van der Waals surface area (Å²) in [6, 6.07) is 0. The van der Waals surface area contributed by atoms with E-state index in [0.29, 0.717) is 0 Å². The van der Waals surface area contributed by atoms with Crippen molar-refractivity contribution in [2.75, 3.05) is 5.75 Å². The van der Waals surface area contributed by atoms with E-state index in [4.69, 9.17) is 0 Å². The Bertz CT molecular complexity index is 176. The predicted molar refractivity (Wildman–Crippen MR) is 43.9 cm³/mol. The lowest BCUT2D eigenvalue weighted by Gasteiger charge is -1.95. The first kappa shape index (κ1) is 7.54. The van der Waals surface area contributed by atoms with E-state index < -0.39 is 0 Å². The molecule has 10 heavy (non-hydrogen) atoms. The van der Waals surface area contributed by atoms with E-state index in [1.165, 1.54) is 5.56 Å². The van der Waals surface area contributed by atoms with Gasteiger partial charge in [-0.15, -0.1) is 0 Å². The van der Waals surface area contributed by atoms with Crippen LogP contribution in [0.1, 0.15) is 12.5 Å². The van der Waals surface area contributed by atoms with Crippen LogP contribution in [0.3, 0.4) is 0 Å². The molecular weight excluding hydrogens is 144 g/mol. The summed E-state index contributed by atoms with van der Waals surface area (Å²) in [6.45, 7) is 2.15. The van der Waals surface area contributed by atoms with Crippen LogP contribution in [0.2, 0.25) is 0 Å². The second-order valence-corrected chi connectivity index (χ2v) is 3.16. The Balaban J connectivity index is 2.43. The molecule has 0 aliphatic carbocycles. The van der Waals surface area contributed by atoms with Crippen LogP contribution in [0.5, 0.6) is 0 Å². The summed E-state index contributed by atoms with van der Waals surface area (Å²) < 4.78 is 0. The standard InChI is InChI=1S/C7H10N2S/c1-2-10-5-7-3-8-6-9-4-7/h3-4,6H,2,5H2,1H3. The highest BCUT2D eigenvalue weighted by atomic mass is 32.2. The number of rotatable bonds is 3. The molecule has 1 aromatic rings. The lowest BCUT2D eigenvalue weighted by molar-refractivity contribution is 1.12. The largest absolute Gasteiger partial charge is 0.245 e. The zero-order valence-corrected chi connectivity index (χ0v) is 6.77. The molecule has 0 N–H and O–H groups in total. The molecule has 0 unspecified atom stereocenters. The highest BCUT2D eigenvalue weighted by Crippen LogP contribution is 2.07. The number of nitrogens with zero attached hydrogens (tertiary/aromatic N) is 2. The van der Waals surface area contributed by atoms with Crippen LogP contribution in [-0.4, -0.2) is 15.7 Å². The molecule has 0 radical (unpaired) electrons. The fraction of sp³-hybridized carbons (Fsp3) is 0.429. The van der Waals surface area contributed by atoms with Crippen LogP contribution in [-0.2, 0) is 5.75 Å². The molecule has 0 saturated heterocycles. The van der Waals surface area contributed by atoms with Crippen molar-refractivity contribution in [3.05, 3.63) is 24.3 Å². The fourth-order valence-electron chi connectivity index (χ4n) is 0.624. The SMILES string of the molecule is CCSCc1cncnc1. The minimum Gasteiger partial charge on any atom is -0.245 e. The highest BCUT2D eigenvalue weighted by Gasteiger charge is 1.89. The predicted octanol–water partition coefficient (Wildman–Crippen LogP) is 1.73. The number of thioether (sulfide) groups is 1. The Labute approximate surface area is 65.1 Å². The van der Waals surface area contributed by atoms with Gasteiger partial charge >= 0.3 is 0 Å². The molecule has 0 bridgehead atoms. The molecule has 0 atom stereocenters. The molecule has 0 amide bonds. The van der Waals surface area contributed by atoms with E-state index in [2.05, 4.69) is 16.9 Å². The first-order valence-corrected chi connectivity index (χ1v) is 4.40. The molecule has 0 aromatic carbocycles. The summed E-state index contributed by atoms with van der Waals surface area (Å²) in [4.78, 5) is 7.83. The van der Waals surface area contributed by atoms with Crippen LogP contribution in [0, 0.1) is 0 Å². The van der Waals surface area contributed by atoms with Crippen LogP contribution in [0.15, 0.2) is 18.7 Å². The lowest BCUT2D eigenvalue weighted by atomic mass is 10.4. The van der Waals surface area contributed by atoms with Crippen molar-refractivity contribution in [3.63, 3.8) is 0 Å². The van der Waals surface area contributed by atoms with Gasteiger partial charge in [-0.25, -0.2) is 9.97 Å². The van der Waals surface area contributed by atoms with Gasteiger partial charge in [0.05, 0.1) is 0 Å². The average Bonchev–Trinajstić information content (AvgIpc) is 2.03. The fourth-order valence-corrected chi connectivity index (χ4v) is 1.21. The van der Waals surface area contributed by atoms with Gasteiger partial charge in [-0.1, -0.05) is 6.92 Å². The van der Waals surface area contributed by atoms with Crippen LogP contribution < -0.4 is 0 Å². The minimum absolute atomic E-state index is 1.03. The van der Waals surface area contributed by atoms with Crippen molar-refractivity contribution in [1.82, 2.24) is 9.97 Å². The van der Waals surface area contributed by atoms with Gasteiger partial charge < -0.3 is 0 Å². The summed E-state index contributed by atoms with van der Waals surface area (Å²) in [6.07, 6.45) is 5.27. The first-order chi connectivity index (χ1) is 4.93. The first-order valence-electron chi connectivity index (χ1n) is 3.25. The molecule has 1 aromatic heterocycles. The summed E-state index contributed by atoms with van der Waals surface area (Å²) in [5, 5.41) is 0. The third kappa shape index (κ3) is 2.35. The minimum atomic E-state index is 1.03. The Morgan fingerprint density at radius 1 is 1.40 bits per heavy atom. The van der Waals surface area contributed by atoms with Crippen molar-refractivity contribution in [3.8, 4) is 0 Å². The van der Waals surface area contributed by atoms with Crippen LogP contribution in [0.25, 0.3) is 0 Å². The van der Waals surface area contributed by atoms with E-state index in [1.807, 2.05) is 24.2 Å². The zero-order valence-electron chi connectivity index (χ0n) is 5.95. The van der Waals surface area contributed by atoms with Gasteiger partial charge in [-0.2, -0.15) is 11.8 Å². The van der Waals surface area contributed by atoms with E-state index >= 15 is 0 Å². The van der Waals surface area contributed by atoms with Crippen molar-refractivity contribution in [2.45, 2.75) is 12.7 Å². The number of hydrogen-bond acceptors (Lipinski definition) is 3. The Morgan fingerprint density at radius 3 is 2.70 bits per heavy atom. The van der Waals surface area contributed by atoms with Gasteiger partial charge in [-0.05, 0) is 11.3 Å². The summed E-state index contributed by atoms with van der Waals surface area (Å²) in [5.41, 5.74) is 1.20. The van der Waals surface area contributed by atoms with Crippen molar-refractivity contribution >= 4 is 11.8 Å². The molecule has 1 heterocycles.